The van der Waals surface area contributed by atoms with Gasteiger partial charge in [0.15, 0.2) is 5.75 Å². The highest BCUT2D eigenvalue weighted by molar-refractivity contribution is 14.1. The number of rotatable bonds is 5. The monoisotopic (exact) mass is 375 g/mol. The second-order valence-electron chi connectivity index (χ2n) is 3.73. The maximum Gasteiger partial charge on any atom is 0.158 e. The summed E-state index contributed by atoms with van der Waals surface area (Å²) in [5.74, 6) is 0.737. The number of nitrogens with zero attached hydrogens (tertiary/aromatic N) is 1. The van der Waals surface area contributed by atoms with Crippen molar-refractivity contribution in [2.75, 3.05) is 6.61 Å². The van der Waals surface area contributed by atoms with Crippen molar-refractivity contribution in [3.8, 4) is 5.75 Å². The summed E-state index contributed by atoms with van der Waals surface area (Å²) in [5.41, 5.74) is 0.764. The molecule has 1 aromatic carbocycles. The van der Waals surface area contributed by atoms with Crippen LogP contribution in [0.5, 0.6) is 5.75 Å². The standard InChI is InChI=1S/C13H11ClINO2/c14-10-8-11(15)13(18-7-2-1-6-17)12-9(10)4-3-5-16-12/h3-6,8H,1-2,7H2. The van der Waals surface area contributed by atoms with E-state index in [4.69, 9.17) is 16.3 Å². The van der Waals surface area contributed by atoms with Gasteiger partial charge in [0.1, 0.15) is 11.8 Å². The zero-order chi connectivity index (χ0) is 13.0. The van der Waals surface area contributed by atoms with E-state index in [-0.39, 0.29) is 0 Å². The average Bonchev–Trinajstić information content (AvgIpc) is 2.38. The van der Waals surface area contributed by atoms with Gasteiger partial charge in [-0.15, -0.1) is 0 Å². The van der Waals surface area contributed by atoms with Gasteiger partial charge in [0, 0.05) is 18.0 Å². The molecular weight excluding hydrogens is 365 g/mol. The summed E-state index contributed by atoms with van der Waals surface area (Å²) in [6.45, 7) is 0.502. The van der Waals surface area contributed by atoms with Gasteiger partial charge < -0.3 is 9.53 Å². The highest BCUT2D eigenvalue weighted by Gasteiger charge is 2.11. The van der Waals surface area contributed by atoms with Crippen LogP contribution in [0.2, 0.25) is 5.02 Å². The molecule has 0 fully saturated rings. The molecule has 1 heterocycles. The SMILES string of the molecule is O=CCCCOc1c(I)cc(Cl)c2cccnc12. The molecular formula is C13H11ClINO2. The number of halogens is 2. The normalized spacial score (nSPS) is 10.6. The fourth-order valence-electron chi connectivity index (χ4n) is 1.62. The lowest BCUT2D eigenvalue weighted by atomic mass is 10.2. The Morgan fingerprint density at radius 2 is 2.33 bits per heavy atom. The smallest absolute Gasteiger partial charge is 0.158 e. The van der Waals surface area contributed by atoms with Gasteiger partial charge in [-0.05, 0) is 47.2 Å². The largest absolute Gasteiger partial charge is 0.490 e. The topological polar surface area (TPSA) is 39.2 Å². The van der Waals surface area contributed by atoms with Crippen molar-refractivity contribution >= 4 is 51.4 Å². The lowest BCUT2D eigenvalue weighted by Crippen LogP contribution is -2.01. The summed E-state index contributed by atoms with van der Waals surface area (Å²) in [5, 5.41) is 1.55. The van der Waals surface area contributed by atoms with Crippen molar-refractivity contribution in [3.63, 3.8) is 0 Å². The Labute approximate surface area is 124 Å². The van der Waals surface area contributed by atoms with E-state index >= 15 is 0 Å². The number of aromatic nitrogens is 1. The second-order valence-corrected chi connectivity index (χ2v) is 5.30. The zero-order valence-electron chi connectivity index (χ0n) is 9.53. The number of carbonyl (C=O) groups excluding carboxylic acids is 1. The Morgan fingerprint density at radius 1 is 1.50 bits per heavy atom. The third-order valence-electron chi connectivity index (χ3n) is 2.46. The molecule has 94 valence electrons. The minimum atomic E-state index is 0.502. The van der Waals surface area contributed by atoms with E-state index in [0.717, 1.165) is 26.5 Å². The van der Waals surface area contributed by atoms with Crippen LogP contribution in [0.4, 0.5) is 0 Å². The van der Waals surface area contributed by atoms with E-state index in [0.29, 0.717) is 24.5 Å². The summed E-state index contributed by atoms with van der Waals surface area (Å²) in [4.78, 5) is 14.6. The van der Waals surface area contributed by atoms with Crippen molar-refractivity contribution in [2.24, 2.45) is 0 Å². The highest BCUT2D eigenvalue weighted by Crippen LogP contribution is 2.34. The maximum atomic E-state index is 10.3. The van der Waals surface area contributed by atoms with Crippen LogP contribution in [0.15, 0.2) is 24.4 Å². The molecule has 0 spiro atoms. The van der Waals surface area contributed by atoms with Crippen LogP contribution in [-0.4, -0.2) is 17.9 Å². The quantitative estimate of drug-likeness (QED) is 0.453. The third kappa shape index (κ3) is 2.92. The van der Waals surface area contributed by atoms with E-state index in [1.165, 1.54) is 0 Å². The molecule has 0 atom stereocenters. The fraction of sp³-hybridized carbons (Fsp3) is 0.231. The number of hydrogen-bond donors (Lipinski definition) is 0. The van der Waals surface area contributed by atoms with E-state index in [2.05, 4.69) is 27.6 Å². The molecule has 2 rings (SSSR count). The minimum Gasteiger partial charge on any atom is -0.490 e. The van der Waals surface area contributed by atoms with Crippen LogP contribution in [-0.2, 0) is 4.79 Å². The molecule has 0 saturated heterocycles. The Hall–Kier alpha value is -0.880. The van der Waals surface area contributed by atoms with Crippen molar-refractivity contribution < 1.29 is 9.53 Å². The van der Waals surface area contributed by atoms with E-state index < -0.39 is 0 Å². The summed E-state index contributed by atoms with van der Waals surface area (Å²) >= 11 is 8.35. The van der Waals surface area contributed by atoms with E-state index in [1.54, 1.807) is 6.20 Å². The van der Waals surface area contributed by atoms with Crippen molar-refractivity contribution in [1.29, 1.82) is 0 Å². The molecule has 0 N–H and O–H groups in total. The van der Waals surface area contributed by atoms with Gasteiger partial charge in [0.05, 0.1) is 15.2 Å². The van der Waals surface area contributed by atoms with Gasteiger partial charge in [-0.3, -0.25) is 4.98 Å². The van der Waals surface area contributed by atoms with Gasteiger partial charge in [-0.25, -0.2) is 0 Å². The summed E-state index contributed by atoms with van der Waals surface area (Å²) < 4.78 is 6.65. The summed E-state index contributed by atoms with van der Waals surface area (Å²) in [7, 11) is 0. The van der Waals surface area contributed by atoms with Crippen LogP contribution in [0.25, 0.3) is 10.9 Å². The van der Waals surface area contributed by atoms with Gasteiger partial charge in [0.2, 0.25) is 0 Å². The molecule has 0 bridgehead atoms. The zero-order valence-corrected chi connectivity index (χ0v) is 12.4. The second kappa shape index (κ2) is 6.33. The number of aldehydes is 1. The van der Waals surface area contributed by atoms with Crippen molar-refractivity contribution in [1.82, 2.24) is 4.98 Å². The van der Waals surface area contributed by atoms with E-state index in [1.807, 2.05) is 18.2 Å². The molecule has 1 aromatic heterocycles. The molecule has 0 aliphatic heterocycles. The average molecular weight is 376 g/mol. The van der Waals surface area contributed by atoms with Crippen molar-refractivity contribution in [2.45, 2.75) is 12.8 Å². The molecule has 0 unspecified atom stereocenters. The first kappa shape index (κ1) is 13.5. The van der Waals surface area contributed by atoms with Crippen LogP contribution in [0.1, 0.15) is 12.8 Å². The van der Waals surface area contributed by atoms with Gasteiger partial charge in [-0.2, -0.15) is 0 Å². The van der Waals surface area contributed by atoms with E-state index in [9.17, 15) is 4.79 Å². The van der Waals surface area contributed by atoms with Crippen LogP contribution < -0.4 is 4.74 Å². The third-order valence-corrected chi connectivity index (χ3v) is 3.58. The molecule has 0 radical (unpaired) electrons. The van der Waals surface area contributed by atoms with Crippen LogP contribution in [0.3, 0.4) is 0 Å². The lowest BCUT2D eigenvalue weighted by Gasteiger charge is -2.11. The number of unbranched alkanes of at least 4 members (excludes halogenated alkanes) is 1. The summed E-state index contributed by atoms with van der Waals surface area (Å²) in [6, 6.07) is 5.62. The minimum absolute atomic E-state index is 0.502. The predicted octanol–water partition coefficient (Wildman–Crippen LogP) is 3.85. The Morgan fingerprint density at radius 3 is 3.11 bits per heavy atom. The highest BCUT2D eigenvalue weighted by atomic mass is 127. The first-order valence-electron chi connectivity index (χ1n) is 5.53. The molecule has 3 nitrogen and oxygen atoms in total. The molecule has 5 heteroatoms. The maximum absolute atomic E-state index is 10.3. The Kier molecular flexibility index (Phi) is 4.77. The van der Waals surface area contributed by atoms with Crippen LogP contribution >= 0.6 is 34.2 Å². The predicted molar refractivity (Wildman–Crippen MR) is 80.3 cm³/mol. The number of carbonyl (C=O) groups is 1. The number of hydrogen-bond acceptors (Lipinski definition) is 3. The molecule has 0 amide bonds. The lowest BCUT2D eigenvalue weighted by molar-refractivity contribution is -0.108. The van der Waals surface area contributed by atoms with Gasteiger partial charge in [0.25, 0.3) is 0 Å². The van der Waals surface area contributed by atoms with Crippen LogP contribution in [0, 0.1) is 3.57 Å². The number of pyridine rings is 1. The number of ether oxygens (including phenoxy) is 1. The molecule has 0 aliphatic carbocycles. The molecule has 18 heavy (non-hydrogen) atoms. The summed E-state index contributed by atoms with van der Waals surface area (Å²) in [6.07, 6.45) is 3.83. The molecule has 2 aromatic rings. The number of fused-ring (bicyclic) bond motifs is 1. The van der Waals surface area contributed by atoms with Gasteiger partial charge >= 0.3 is 0 Å². The molecule has 0 saturated carbocycles. The van der Waals surface area contributed by atoms with Gasteiger partial charge in [-0.1, -0.05) is 11.6 Å². The van der Waals surface area contributed by atoms with Crippen molar-refractivity contribution in [3.05, 3.63) is 33.0 Å². The first-order valence-corrected chi connectivity index (χ1v) is 6.99. The number of benzene rings is 1. The Bertz CT molecular complexity index is 574. The molecule has 0 aliphatic rings. The fourth-order valence-corrected chi connectivity index (χ4v) is 2.79. The first-order chi connectivity index (χ1) is 8.74. The Balaban J connectivity index is 2.33.